The first kappa shape index (κ1) is 15.2. The molecule has 0 bridgehead atoms. The summed E-state index contributed by atoms with van der Waals surface area (Å²) in [6.07, 6.45) is 0. The number of hydrogen-bond acceptors (Lipinski definition) is 4. The first-order valence-electron chi connectivity index (χ1n) is 5.20. The van der Waals surface area contributed by atoms with Crippen molar-refractivity contribution in [3.05, 3.63) is 40.2 Å². The summed E-state index contributed by atoms with van der Waals surface area (Å²) in [7, 11) is -3.68. The van der Waals surface area contributed by atoms with Gasteiger partial charge in [-0.25, -0.2) is 8.42 Å². The van der Waals surface area contributed by atoms with Gasteiger partial charge in [0.1, 0.15) is 9.96 Å². The summed E-state index contributed by atoms with van der Waals surface area (Å²) in [5.41, 5.74) is 0.260. The molecule has 0 fully saturated rings. The molecule has 9 heteroatoms. The van der Waals surface area contributed by atoms with E-state index in [1.165, 1.54) is 30.3 Å². The monoisotopic (exact) mass is 383 g/mol. The number of hydrogen-bond donors (Lipinski definition) is 1. The zero-order chi connectivity index (χ0) is 14.8. The predicted octanol–water partition coefficient (Wildman–Crippen LogP) is 3.91. The lowest BCUT2D eigenvalue weighted by atomic mass is 10.3. The van der Waals surface area contributed by atoms with Crippen molar-refractivity contribution in [1.82, 2.24) is 0 Å². The van der Waals surface area contributed by atoms with Crippen molar-refractivity contribution in [1.29, 1.82) is 0 Å². The second-order valence-electron chi connectivity index (χ2n) is 3.57. The smallest absolute Gasteiger partial charge is 0.387 e. The minimum Gasteiger partial charge on any atom is -0.435 e. The molecule has 0 saturated heterocycles. The van der Waals surface area contributed by atoms with Crippen LogP contribution in [0.3, 0.4) is 0 Å². The van der Waals surface area contributed by atoms with E-state index in [0.717, 1.165) is 11.3 Å². The highest BCUT2D eigenvalue weighted by Crippen LogP contribution is 2.28. The third-order valence-electron chi connectivity index (χ3n) is 2.15. The number of thiophene rings is 1. The van der Waals surface area contributed by atoms with Gasteiger partial charge in [-0.05, 0) is 52.3 Å². The van der Waals surface area contributed by atoms with Gasteiger partial charge >= 0.3 is 6.61 Å². The lowest BCUT2D eigenvalue weighted by Gasteiger charge is -2.08. The molecule has 0 unspecified atom stereocenters. The Morgan fingerprint density at radius 3 is 2.30 bits per heavy atom. The second-order valence-corrected chi connectivity index (χ2v) is 7.94. The fourth-order valence-corrected chi connectivity index (χ4v) is 4.42. The van der Waals surface area contributed by atoms with Gasteiger partial charge in [0.25, 0.3) is 10.0 Å². The number of alkyl halides is 2. The molecule has 1 heterocycles. The number of benzene rings is 1. The maximum Gasteiger partial charge on any atom is 0.387 e. The molecule has 2 rings (SSSR count). The van der Waals surface area contributed by atoms with E-state index in [2.05, 4.69) is 25.4 Å². The average molecular weight is 384 g/mol. The van der Waals surface area contributed by atoms with Crippen molar-refractivity contribution in [3.63, 3.8) is 0 Å². The van der Waals surface area contributed by atoms with Crippen LogP contribution in [-0.4, -0.2) is 15.0 Å². The molecule has 20 heavy (non-hydrogen) atoms. The van der Waals surface area contributed by atoms with Gasteiger partial charge in [-0.2, -0.15) is 8.78 Å². The normalized spacial score (nSPS) is 11.6. The molecule has 1 aromatic carbocycles. The van der Waals surface area contributed by atoms with E-state index >= 15 is 0 Å². The molecular formula is C11H8BrF2NO3S2. The van der Waals surface area contributed by atoms with Gasteiger partial charge in [0.05, 0.1) is 3.79 Å². The van der Waals surface area contributed by atoms with Crippen LogP contribution in [0.1, 0.15) is 0 Å². The first-order valence-corrected chi connectivity index (χ1v) is 8.29. The Labute approximate surface area is 126 Å². The number of nitrogens with one attached hydrogen (secondary N) is 1. The highest BCUT2D eigenvalue weighted by Gasteiger charge is 2.16. The molecule has 108 valence electrons. The van der Waals surface area contributed by atoms with Crippen LogP contribution in [0.4, 0.5) is 14.5 Å². The van der Waals surface area contributed by atoms with Crippen molar-refractivity contribution in [2.45, 2.75) is 10.8 Å². The molecule has 0 spiro atoms. The second kappa shape index (κ2) is 6.06. The zero-order valence-corrected chi connectivity index (χ0v) is 12.9. The summed E-state index contributed by atoms with van der Waals surface area (Å²) in [6.45, 7) is -2.92. The van der Waals surface area contributed by atoms with Crippen LogP contribution >= 0.6 is 27.3 Å². The van der Waals surface area contributed by atoms with Gasteiger partial charge in [-0.1, -0.05) is 0 Å². The lowest BCUT2D eigenvalue weighted by molar-refractivity contribution is -0.0498. The number of ether oxygens (including phenoxy) is 1. The fraction of sp³-hybridized carbons (Fsp3) is 0.0909. The van der Waals surface area contributed by atoms with Crippen LogP contribution in [0.25, 0.3) is 0 Å². The summed E-state index contributed by atoms with van der Waals surface area (Å²) in [4.78, 5) is 0. The topological polar surface area (TPSA) is 55.4 Å². The summed E-state index contributed by atoms with van der Waals surface area (Å²) in [5, 5.41) is 0. The number of rotatable bonds is 5. The standard InChI is InChI=1S/C11H8BrF2NO3S2/c12-9-5-6-10(19-9)20(16,17)15-7-1-3-8(4-2-7)18-11(13)14/h1-6,11,15H. The van der Waals surface area contributed by atoms with Crippen LogP contribution in [0.15, 0.2) is 44.4 Å². The molecule has 0 aliphatic heterocycles. The van der Waals surface area contributed by atoms with E-state index in [1.807, 2.05) is 0 Å². The largest absolute Gasteiger partial charge is 0.435 e. The first-order chi connectivity index (χ1) is 9.37. The molecule has 0 aliphatic rings. The Balaban J connectivity index is 2.13. The van der Waals surface area contributed by atoms with Crippen molar-refractivity contribution in [2.75, 3.05) is 4.72 Å². The van der Waals surface area contributed by atoms with Crippen LogP contribution in [0, 0.1) is 0 Å². The van der Waals surface area contributed by atoms with Crippen LogP contribution in [-0.2, 0) is 10.0 Å². The maximum atomic E-state index is 12.0. The van der Waals surface area contributed by atoms with E-state index in [4.69, 9.17) is 0 Å². The SMILES string of the molecule is O=S(=O)(Nc1ccc(OC(F)F)cc1)c1ccc(Br)s1. The Kier molecular flexibility index (Phi) is 4.61. The van der Waals surface area contributed by atoms with Crippen molar-refractivity contribution >= 4 is 43.0 Å². The van der Waals surface area contributed by atoms with Crippen LogP contribution < -0.4 is 9.46 Å². The number of halogens is 3. The average Bonchev–Trinajstić information content (AvgIpc) is 2.78. The molecule has 0 saturated carbocycles. The highest BCUT2D eigenvalue weighted by atomic mass is 79.9. The van der Waals surface area contributed by atoms with Crippen molar-refractivity contribution in [2.24, 2.45) is 0 Å². The Bertz CT molecular complexity index is 686. The summed E-state index contributed by atoms with van der Waals surface area (Å²) in [5.74, 6) is -0.0400. The summed E-state index contributed by atoms with van der Waals surface area (Å²) in [6, 6.07) is 8.29. The Morgan fingerprint density at radius 1 is 1.15 bits per heavy atom. The van der Waals surface area contributed by atoms with Crippen molar-refractivity contribution in [3.8, 4) is 5.75 Å². The molecular weight excluding hydrogens is 376 g/mol. The molecule has 0 radical (unpaired) electrons. The van der Waals surface area contributed by atoms with E-state index in [-0.39, 0.29) is 15.6 Å². The highest BCUT2D eigenvalue weighted by molar-refractivity contribution is 9.11. The quantitative estimate of drug-likeness (QED) is 0.851. The van der Waals surface area contributed by atoms with E-state index in [0.29, 0.717) is 3.79 Å². The minimum absolute atomic E-state index is 0.0400. The van der Waals surface area contributed by atoms with Crippen molar-refractivity contribution < 1.29 is 21.9 Å². The summed E-state index contributed by atoms with van der Waals surface area (Å²) < 4.78 is 55.3. The molecule has 0 amide bonds. The number of anilines is 1. The maximum absolute atomic E-state index is 12.0. The lowest BCUT2D eigenvalue weighted by Crippen LogP contribution is -2.11. The van der Waals surface area contributed by atoms with E-state index in [1.54, 1.807) is 6.07 Å². The van der Waals surface area contributed by atoms with Gasteiger partial charge in [0, 0.05) is 5.69 Å². The Hall–Kier alpha value is -1.19. The molecule has 0 atom stereocenters. The third-order valence-corrected chi connectivity index (χ3v) is 5.64. The Morgan fingerprint density at radius 2 is 1.80 bits per heavy atom. The van der Waals surface area contributed by atoms with E-state index in [9.17, 15) is 17.2 Å². The van der Waals surface area contributed by atoms with Crippen LogP contribution in [0.5, 0.6) is 5.75 Å². The molecule has 1 N–H and O–H groups in total. The summed E-state index contributed by atoms with van der Waals surface area (Å²) >= 11 is 4.25. The van der Waals surface area contributed by atoms with Gasteiger partial charge in [-0.15, -0.1) is 11.3 Å². The van der Waals surface area contributed by atoms with Gasteiger partial charge < -0.3 is 4.74 Å². The fourth-order valence-electron chi connectivity index (χ4n) is 1.35. The molecule has 0 aliphatic carbocycles. The van der Waals surface area contributed by atoms with Gasteiger partial charge in [-0.3, -0.25) is 4.72 Å². The molecule has 2 aromatic rings. The minimum atomic E-state index is -3.68. The molecule has 1 aromatic heterocycles. The number of sulfonamides is 1. The van der Waals surface area contributed by atoms with Crippen LogP contribution in [0.2, 0.25) is 0 Å². The molecule has 4 nitrogen and oxygen atoms in total. The van der Waals surface area contributed by atoms with Gasteiger partial charge in [0.2, 0.25) is 0 Å². The van der Waals surface area contributed by atoms with Gasteiger partial charge in [0.15, 0.2) is 0 Å². The third kappa shape index (κ3) is 3.90. The van der Waals surface area contributed by atoms with E-state index < -0.39 is 16.6 Å². The predicted molar refractivity (Wildman–Crippen MR) is 75.9 cm³/mol. The zero-order valence-electron chi connectivity index (χ0n) is 9.72.